The van der Waals surface area contributed by atoms with E-state index in [9.17, 15) is 4.39 Å². The number of aryl methyl sites for hydroxylation is 1. The van der Waals surface area contributed by atoms with Crippen molar-refractivity contribution in [1.29, 1.82) is 0 Å². The molecule has 0 aromatic heterocycles. The van der Waals surface area contributed by atoms with E-state index in [0.717, 1.165) is 30.9 Å². The summed E-state index contributed by atoms with van der Waals surface area (Å²) in [5, 5.41) is 3.54. The van der Waals surface area contributed by atoms with Gasteiger partial charge in [-0.05, 0) is 43.0 Å². The highest BCUT2D eigenvalue weighted by Gasteiger charge is 2.20. The average molecular weight is 250 g/mol. The third-order valence-electron chi connectivity index (χ3n) is 3.40. The highest BCUT2D eigenvalue weighted by Crippen LogP contribution is 2.21. The number of anilines is 1. The third-order valence-corrected chi connectivity index (χ3v) is 3.40. The molecule has 18 heavy (non-hydrogen) atoms. The van der Waals surface area contributed by atoms with Gasteiger partial charge in [0.1, 0.15) is 5.82 Å². The van der Waals surface area contributed by atoms with Crippen LogP contribution in [0, 0.1) is 18.7 Å². The third kappa shape index (κ3) is 3.45. The van der Waals surface area contributed by atoms with Crippen LogP contribution in [0.3, 0.4) is 0 Å². The molecule has 1 fully saturated rings. The van der Waals surface area contributed by atoms with Gasteiger partial charge in [-0.3, -0.25) is 0 Å². The Hall–Kier alpha value is -1.09. The summed E-state index contributed by atoms with van der Waals surface area (Å²) in [6.45, 7) is 9.34. The van der Waals surface area contributed by atoms with Crippen LogP contribution in [-0.4, -0.2) is 25.7 Å². The number of nitrogens with one attached hydrogen (secondary N) is 1. The number of piperazine rings is 1. The monoisotopic (exact) mass is 250 g/mol. The molecule has 0 amide bonds. The van der Waals surface area contributed by atoms with Crippen LogP contribution < -0.4 is 10.2 Å². The Bertz CT molecular complexity index is 383. The molecule has 2 nitrogen and oxygen atoms in total. The molecule has 2 rings (SSSR count). The molecule has 1 atom stereocenters. The van der Waals surface area contributed by atoms with E-state index in [1.165, 1.54) is 6.42 Å². The van der Waals surface area contributed by atoms with Crippen LogP contribution in [-0.2, 0) is 0 Å². The number of hydrogen-bond acceptors (Lipinski definition) is 2. The van der Waals surface area contributed by atoms with Crippen molar-refractivity contribution in [2.45, 2.75) is 33.2 Å². The minimum atomic E-state index is -0.135. The molecule has 100 valence electrons. The van der Waals surface area contributed by atoms with Crippen molar-refractivity contribution in [2.24, 2.45) is 5.92 Å². The van der Waals surface area contributed by atoms with Gasteiger partial charge in [-0.25, -0.2) is 4.39 Å². The number of rotatable bonds is 3. The zero-order chi connectivity index (χ0) is 13.1. The summed E-state index contributed by atoms with van der Waals surface area (Å²) in [6.07, 6.45) is 1.17. The lowest BCUT2D eigenvalue weighted by molar-refractivity contribution is 0.388. The molecular formula is C15H23FN2. The minimum Gasteiger partial charge on any atom is -0.369 e. The first-order valence-corrected chi connectivity index (χ1v) is 6.80. The Kier molecular flexibility index (Phi) is 4.23. The van der Waals surface area contributed by atoms with E-state index < -0.39 is 0 Å². The number of hydrogen-bond donors (Lipinski definition) is 1. The van der Waals surface area contributed by atoms with Crippen LogP contribution in [0.25, 0.3) is 0 Å². The maximum atomic E-state index is 13.4. The topological polar surface area (TPSA) is 15.3 Å². The Morgan fingerprint density at radius 3 is 2.83 bits per heavy atom. The SMILES string of the molecule is Cc1cc(F)cc(N2CCNC(CC(C)C)C2)c1. The predicted octanol–water partition coefficient (Wildman–Crippen LogP) is 2.96. The van der Waals surface area contributed by atoms with E-state index in [4.69, 9.17) is 0 Å². The van der Waals surface area contributed by atoms with Crippen molar-refractivity contribution < 1.29 is 4.39 Å². The molecule has 0 saturated carbocycles. The van der Waals surface area contributed by atoms with Crippen molar-refractivity contribution in [3.63, 3.8) is 0 Å². The van der Waals surface area contributed by atoms with Crippen molar-refractivity contribution in [3.05, 3.63) is 29.6 Å². The average Bonchev–Trinajstić information content (AvgIpc) is 2.27. The van der Waals surface area contributed by atoms with Crippen molar-refractivity contribution in [1.82, 2.24) is 5.32 Å². The van der Waals surface area contributed by atoms with Gasteiger partial charge < -0.3 is 10.2 Å². The van der Waals surface area contributed by atoms with Crippen LogP contribution in [0.15, 0.2) is 18.2 Å². The van der Waals surface area contributed by atoms with E-state index in [0.29, 0.717) is 12.0 Å². The zero-order valence-corrected chi connectivity index (χ0v) is 11.5. The summed E-state index contributed by atoms with van der Waals surface area (Å²) in [6, 6.07) is 5.81. The van der Waals surface area contributed by atoms with E-state index >= 15 is 0 Å². The molecule has 3 heteroatoms. The van der Waals surface area contributed by atoms with Gasteiger partial charge in [0.05, 0.1) is 0 Å². The van der Waals surface area contributed by atoms with Gasteiger partial charge in [-0.15, -0.1) is 0 Å². The second-order valence-electron chi connectivity index (χ2n) is 5.71. The number of nitrogens with zero attached hydrogens (tertiary/aromatic N) is 1. The van der Waals surface area contributed by atoms with Crippen LogP contribution in [0.4, 0.5) is 10.1 Å². The van der Waals surface area contributed by atoms with Crippen LogP contribution in [0.2, 0.25) is 0 Å². The molecule has 1 aliphatic rings. The van der Waals surface area contributed by atoms with Crippen molar-refractivity contribution in [2.75, 3.05) is 24.5 Å². The molecule has 1 aliphatic heterocycles. The van der Waals surface area contributed by atoms with E-state index in [1.807, 2.05) is 6.92 Å². The zero-order valence-electron chi connectivity index (χ0n) is 11.5. The quantitative estimate of drug-likeness (QED) is 0.887. The van der Waals surface area contributed by atoms with Crippen molar-refractivity contribution >= 4 is 5.69 Å². The van der Waals surface area contributed by atoms with Crippen LogP contribution in [0.1, 0.15) is 25.8 Å². The first kappa shape index (κ1) is 13.3. The molecule has 0 spiro atoms. The normalized spacial score (nSPS) is 20.5. The molecule has 1 N–H and O–H groups in total. The fourth-order valence-corrected chi connectivity index (χ4v) is 2.69. The van der Waals surface area contributed by atoms with Gasteiger partial charge in [0, 0.05) is 31.4 Å². The predicted molar refractivity (Wildman–Crippen MR) is 74.6 cm³/mol. The van der Waals surface area contributed by atoms with Gasteiger partial charge >= 0.3 is 0 Å². The van der Waals surface area contributed by atoms with Gasteiger partial charge in [0.15, 0.2) is 0 Å². The molecule has 1 unspecified atom stereocenters. The first-order valence-electron chi connectivity index (χ1n) is 6.80. The molecule has 0 aliphatic carbocycles. The summed E-state index contributed by atoms with van der Waals surface area (Å²) in [5.74, 6) is 0.556. The molecule has 0 radical (unpaired) electrons. The molecule has 0 bridgehead atoms. The lowest BCUT2D eigenvalue weighted by Gasteiger charge is -2.36. The summed E-state index contributed by atoms with van der Waals surface area (Å²) in [5.41, 5.74) is 2.01. The maximum absolute atomic E-state index is 13.4. The molecule has 1 heterocycles. The van der Waals surface area contributed by atoms with Gasteiger partial charge in [0.2, 0.25) is 0 Å². The van der Waals surface area contributed by atoms with Gasteiger partial charge in [-0.2, -0.15) is 0 Å². The fourth-order valence-electron chi connectivity index (χ4n) is 2.69. The largest absolute Gasteiger partial charge is 0.369 e. The van der Waals surface area contributed by atoms with E-state index in [-0.39, 0.29) is 5.82 Å². The highest BCUT2D eigenvalue weighted by molar-refractivity contribution is 5.49. The lowest BCUT2D eigenvalue weighted by Crippen LogP contribution is -2.51. The Balaban J connectivity index is 2.08. The number of benzene rings is 1. The Morgan fingerprint density at radius 2 is 2.17 bits per heavy atom. The summed E-state index contributed by atoms with van der Waals surface area (Å²) >= 11 is 0. The highest BCUT2D eigenvalue weighted by atomic mass is 19.1. The van der Waals surface area contributed by atoms with Crippen molar-refractivity contribution in [3.8, 4) is 0 Å². The van der Waals surface area contributed by atoms with Gasteiger partial charge in [0.25, 0.3) is 0 Å². The molecule has 1 saturated heterocycles. The van der Waals surface area contributed by atoms with Crippen LogP contribution >= 0.6 is 0 Å². The fraction of sp³-hybridized carbons (Fsp3) is 0.600. The maximum Gasteiger partial charge on any atom is 0.125 e. The minimum absolute atomic E-state index is 0.135. The van der Waals surface area contributed by atoms with E-state index in [1.54, 1.807) is 12.1 Å². The number of halogens is 1. The first-order chi connectivity index (χ1) is 8.54. The second-order valence-corrected chi connectivity index (χ2v) is 5.71. The Labute approximate surface area is 109 Å². The van der Waals surface area contributed by atoms with Gasteiger partial charge in [-0.1, -0.05) is 13.8 Å². The second kappa shape index (κ2) is 5.70. The summed E-state index contributed by atoms with van der Waals surface area (Å²) < 4.78 is 13.4. The van der Waals surface area contributed by atoms with Crippen LogP contribution in [0.5, 0.6) is 0 Å². The van der Waals surface area contributed by atoms with E-state index in [2.05, 4.69) is 30.1 Å². The summed E-state index contributed by atoms with van der Waals surface area (Å²) in [7, 11) is 0. The standard InChI is InChI=1S/C15H23FN2/c1-11(2)6-14-10-18(5-4-17-14)15-8-12(3)7-13(16)9-15/h7-9,11,14,17H,4-6,10H2,1-3H3. The Morgan fingerprint density at radius 1 is 1.39 bits per heavy atom. The molecule has 1 aromatic carbocycles. The molecular weight excluding hydrogens is 227 g/mol. The summed E-state index contributed by atoms with van der Waals surface area (Å²) in [4.78, 5) is 2.29. The smallest absolute Gasteiger partial charge is 0.125 e. The molecule has 1 aromatic rings. The lowest BCUT2D eigenvalue weighted by atomic mass is 10.0.